The van der Waals surface area contributed by atoms with E-state index in [1.165, 1.54) is 34.9 Å². The first-order chi connectivity index (χ1) is 16.9. The molecule has 35 heavy (non-hydrogen) atoms. The van der Waals surface area contributed by atoms with Crippen LogP contribution in [0.2, 0.25) is 0 Å². The van der Waals surface area contributed by atoms with Crippen LogP contribution in [-0.2, 0) is 10.0 Å². The minimum Gasteiger partial charge on any atom is -0.497 e. The molecule has 0 spiro atoms. The summed E-state index contributed by atoms with van der Waals surface area (Å²) in [6.07, 6.45) is 0. The van der Waals surface area contributed by atoms with Crippen molar-refractivity contribution in [1.29, 1.82) is 0 Å². The zero-order valence-electron chi connectivity index (χ0n) is 19.6. The van der Waals surface area contributed by atoms with E-state index in [1.807, 2.05) is 25.1 Å². The number of thiophene rings is 1. The summed E-state index contributed by atoms with van der Waals surface area (Å²) in [5, 5.41) is 3.70. The van der Waals surface area contributed by atoms with Crippen LogP contribution >= 0.6 is 11.3 Å². The molecule has 9 heteroatoms. The average molecular weight is 511 g/mol. The summed E-state index contributed by atoms with van der Waals surface area (Å²) in [5.74, 6) is 0.938. The van der Waals surface area contributed by atoms with Gasteiger partial charge in [0.1, 0.15) is 11.5 Å². The van der Waals surface area contributed by atoms with Crippen molar-refractivity contribution in [2.24, 2.45) is 0 Å². The van der Waals surface area contributed by atoms with E-state index in [0.29, 0.717) is 34.4 Å². The molecule has 0 bridgehead atoms. The molecule has 1 heterocycles. The van der Waals surface area contributed by atoms with Crippen LogP contribution < -0.4 is 19.1 Å². The van der Waals surface area contributed by atoms with Gasteiger partial charge in [0.15, 0.2) is 0 Å². The second-order valence-corrected chi connectivity index (χ2v) is 10.5. The summed E-state index contributed by atoms with van der Waals surface area (Å²) in [5.41, 5.74) is 1.13. The number of nitrogens with zero attached hydrogens (tertiary/aromatic N) is 1. The molecule has 4 rings (SSSR count). The maximum atomic E-state index is 13.3. The van der Waals surface area contributed by atoms with Gasteiger partial charge in [0.25, 0.3) is 15.9 Å². The molecule has 0 aliphatic carbocycles. The zero-order chi connectivity index (χ0) is 25.0. The van der Waals surface area contributed by atoms with Gasteiger partial charge in [-0.1, -0.05) is 12.1 Å². The van der Waals surface area contributed by atoms with Gasteiger partial charge < -0.3 is 14.8 Å². The van der Waals surface area contributed by atoms with Crippen LogP contribution in [0.1, 0.15) is 23.5 Å². The predicted molar refractivity (Wildman–Crippen MR) is 141 cm³/mol. The van der Waals surface area contributed by atoms with Gasteiger partial charge in [-0.2, -0.15) is 0 Å². The van der Waals surface area contributed by atoms with E-state index in [2.05, 4.69) is 5.32 Å². The van der Waals surface area contributed by atoms with Crippen molar-refractivity contribution in [3.8, 4) is 11.5 Å². The van der Waals surface area contributed by atoms with Gasteiger partial charge >= 0.3 is 0 Å². The summed E-state index contributed by atoms with van der Waals surface area (Å²) in [6, 6.07) is 20.7. The number of ether oxygens (including phenoxy) is 2. The molecule has 7 nitrogen and oxygen atoms in total. The van der Waals surface area contributed by atoms with Gasteiger partial charge in [0, 0.05) is 11.2 Å². The van der Waals surface area contributed by atoms with Gasteiger partial charge in [-0.25, -0.2) is 8.42 Å². The summed E-state index contributed by atoms with van der Waals surface area (Å²) < 4.78 is 39.6. The minimum absolute atomic E-state index is 0.179. The van der Waals surface area contributed by atoms with Crippen LogP contribution in [0.3, 0.4) is 0 Å². The zero-order valence-corrected chi connectivity index (χ0v) is 21.3. The molecular formula is C26H26N2O5S2. The highest BCUT2D eigenvalue weighted by atomic mass is 32.2. The summed E-state index contributed by atoms with van der Waals surface area (Å²) >= 11 is 1.35. The maximum Gasteiger partial charge on any atom is 0.265 e. The lowest BCUT2D eigenvalue weighted by atomic mass is 10.2. The van der Waals surface area contributed by atoms with Crippen LogP contribution in [-0.4, -0.2) is 34.6 Å². The molecule has 0 aliphatic heterocycles. The summed E-state index contributed by atoms with van der Waals surface area (Å²) in [6.45, 7) is 4.42. The highest BCUT2D eigenvalue weighted by molar-refractivity contribution is 7.92. The molecule has 1 amide bonds. The van der Waals surface area contributed by atoms with Gasteiger partial charge in [0.05, 0.1) is 34.9 Å². The van der Waals surface area contributed by atoms with Crippen molar-refractivity contribution in [2.75, 3.05) is 29.9 Å². The number of sulfonamides is 1. The van der Waals surface area contributed by atoms with Crippen molar-refractivity contribution in [1.82, 2.24) is 0 Å². The number of amides is 1. The SMILES string of the molecule is CCOc1ccccc1NC(=O)c1cc2cc(N(CC)S(=O)(=O)c3ccc(OC)cc3)ccc2s1. The standard InChI is InChI=1S/C26H26N2O5S2/c1-4-28(35(30,31)21-13-11-20(32-3)12-14-21)19-10-15-24-18(16-19)17-25(34-24)26(29)27-22-8-6-7-9-23(22)33-5-2/h6-17H,4-5H2,1-3H3,(H,27,29). The molecule has 0 aliphatic rings. The molecule has 1 aromatic heterocycles. The fourth-order valence-electron chi connectivity index (χ4n) is 3.70. The van der Waals surface area contributed by atoms with Crippen LogP contribution in [0, 0.1) is 0 Å². The highest BCUT2D eigenvalue weighted by Crippen LogP contribution is 2.33. The largest absolute Gasteiger partial charge is 0.497 e. The molecule has 0 atom stereocenters. The molecule has 4 aromatic rings. The lowest BCUT2D eigenvalue weighted by Gasteiger charge is -2.23. The van der Waals surface area contributed by atoms with E-state index in [0.717, 1.165) is 10.1 Å². The maximum absolute atomic E-state index is 13.3. The quantitative estimate of drug-likeness (QED) is 0.309. The number of nitrogens with one attached hydrogen (secondary N) is 1. The number of carbonyl (C=O) groups excluding carboxylic acids is 1. The van der Waals surface area contributed by atoms with Gasteiger partial charge in [0.2, 0.25) is 0 Å². The van der Waals surface area contributed by atoms with Gasteiger partial charge in [-0.05, 0) is 79.9 Å². The Morgan fingerprint density at radius 2 is 1.74 bits per heavy atom. The van der Waals surface area contributed by atoms with E-state index in [1.54, 1.807) is 49.4 Å². The Kier molecular flexibility index (Phi) is 7.28. The molecular weight excluding hydrogens is 484 g/mol. The molecule has 0 saturated carbocycles. The molecule has 1 N–H and O–H groups in total. The first-order valence-corrected chi connectivity index (χ1v) is 13.4. The van der Waals surface area contributed by atoms with E-state index >= 15 is 0 Å². The Balaban J connectivity index is 1.62. The van der Waals surface area contributed by atoms with Crippen LogP contribution in [0.4, 0.5) is 11.4 Å². The number of fused-ring (bicyclic) bond motifs is 1. The minimum atomic E-state index is -3.77. The van der Waals surface area contributed by atoms with Crippen LogP contribution in [0.25, 0.3) is 10.1 Å². The summed E-state index contributed by atoms with van der Waals surface area (Å²) in [4.78, 5) is 13.6. The molecule has 182 valence electrons. The second-order valence-electron chi connectivity index (χ2n) is 7.56. The fraction of sp³-hybridized carbons (Fsp3) is 0.192. The van der Waals surface area contributed by atoms with Gasteiger partial charge in [-0.15, -0.1) is 11.3 Å². The predicted octanol–water partition coefficient (Wildman–Crippen LogP) is 5.78. The third kappa shape index (κ3) is 5.11. The molecule has 3 aromatic carbocycles. The normalized spacial score (nSPS) is 11.3. The molecule has 0 unspecified atom stereocenters. The second kappa shape index (κ2) is 10.4. The van der Waals surface area contributed by atoms with E-state index in [4.69, 9.17) is 9.47 Å². The van der Waals surface area contributed by atoms with E-state index < -0.39 is 10.0 Å². The lowest BCUT2D eigenvalue weighted by molar-refractivity contribution is 0.103. The number of para-hydroxylation sites is 2. The average Bonchev–Trinajstić information content (AvgIpc) is 3.29. The number of rotatable bonds is 9. The smallest absolute Gasteiger partial charge is 0.265 e. The fourth-order valence-corrected chi connectivity index (χ4v) is 6.10. The van der Waals surface area contributed by atoms with Crippen LogP contribution in [0.5, 0.6) is 11.5 Å². The Morgan fingerprint density at radius 3 is 2.43 bits per heavy atom. The number of methoxy groups -OCH3 is 1. The molecule has 0 saturated heterocycles. The van der Waals surface area contributed by atoms with Crippen molar-refractivity contribution in [3.63, 3.8) is 0 Å². The Bertz CT molecular complexity index is 1450. The highest BCUT2D eigenvalue weighted by Gasteiger charge is 2.24. The Labute approximate surface area is 209 Å². The first-order valence-electron chi connectivity index (χ1n) is 11.1. The number of anilines is 2. The van der Waals surface area contributed by atoms with E-state index in [-0.39, 0.29) is 17.3 Å². The number of benzene rings is 3. The third-order valence-corrected chi connectivity index (χ3v) is 8.41. The first kappa shape index (κ1) is 24.6. The topological polar surface area (TPSA) is 84.9 Å². The van der Waals surface area contributed by atoms with Crippen molar-refractivity contribution < 1.29 is 22.7 Å². The van der Waals surface area contributed by atoms with Crippen molar-refractivity contribution >= 4 is 48.7 Å². The van der Waals surface area contributed by atoms with E-state index in [9.17, 15) is 13.2 Å². The monoisotopic (exact) mass is 510 g/mol. The van der Waals surface area contributed by atoms with Crippen LogP contribution in [0.15, 0.2) is 77.7 Å². The van der Waals surface area contributed by atoms with Gasteiger partial charge in [-0.3, -0.25) is 9.10 Å². The molecule has 0 radical (unpaired) electrons. The number of carbonyl (C=O) groups is 1. The number of hydrogen-bond donors (Lipinski definition) is 1. The Hall–Kier alpha value is -3.56. The van der Waals surface area contributed by atoms with Crippen molar-refractivity contribution in [2.45, 2.75) is 18.7 Å². The summed E-state index contributed by atoms with van der Waals surface area (Å²) in [7, 11) is -2.24. The third-order valence-electron chi connectivity index (χ3n) is 5.38. The Morgan fingerprint density at radius 1 is 1.00 bits per heavy atom. The van der Waals surface area contributed by atoms with Crippen molar-refractivity contribution in [3.05, 3.63) is 77.7 Å². The molecule has 0 fully saturated rings. The number of hydrogen-bond acceptors (Lipinski definition) is 6. The lowest BCUT2D eigenvalue weighted by Crippen LogP contribution is -2.30.